The van der Waals surface area contributed by atoms with E-state index in [0.29, 0.717) is 47.2 Å². The maximum Gasteiger partial charge on any atom is 0.265 e. The van der Waals surface area contributed by atoms with Gasteiger partial charge in [-0.3, -0.25) is 9.52 Å². The van der Waals surface area contributed by atoms with Gasteiger partial charge in [-0.05, 0) is 37.6 Å². The molecule has 1 saturated heterocycles. The second-order valence-corrected chi connectivity index (χ2v) is 12.7. The van der Waals surface area contributed by atoms with Crippen molar-refractivity contribution in [2.45, 2.75) is 25.7 Å². The molecule has 1 amide bonds. The third kappa shape index (κ3) is 4.89. The molecule has 0 radical (unpaired) electrons. The number of nitrogens with zero attached hydrogens (tertiary/aromatic N) is 3. The van der Waals surface area contributed by atoms with Gasteiger partial charge in [0.1, 0.15) is 0 Å². The number of hydrogen-bond acceptors (Lipinski definition) is 7. The predicted octanol–water partition coefficient (Wildman–Crippen LogP) is 5.03. The van der Waals surface area contributed by atoms with Crippen LogP contribution in [0.5, 0.6) is 0 Å². The summed E-state index contributed by atoms with van der Waals surface area (Å²) in [6, 6.07) is 6.09. The third-order valence-corrected chi connectivity index (χ3v) is 8.28. The summed E-state index contributed by atoms with van der Waals surface area (Å²) in [6.07, 6.45) is 4.67. The van der Waals surface area contributed by atoms with Crippen LogP contribution in [0.15, 0.2) is 36.7 Å². The van der Waals surface area contributed by atoms with Crippen LogP contribution in [0.25, 0.3) is 11.4 Å². The quantitative estimate of drug-likeness (QED) is 0.444. The average molecular weight is 554 g/mol. The number of anilines is 3. The lowest BCUT2D eigenvalue weighted by Crippen LogP contribution is -2.22. The fraction of sp³-hybridized carbons (Fsp3) is 0.348. The SMILES string of the molecule is Cc1sc(C(=O)Nc2cc(Cl)cc(NS(C)(=O)=O)c2)cc1-c1ncc(N2CCC3(C2)CC3(F)F)cn1. The summed E-state index contributed by atoms with van der Waals surface area (Å²) >= 11 is 7.33. The summed E-state index contributed by atoms with van der Waals surface area (Å²) in [5, 5.41) is 2.98. The first-order chi connectivity index (χ1) is 16.8. The van der Waals surface area contributed by atoms with E-state index in [-0.39, 0.29) is 17.1 Å². The number of hydrogen-bond donors (Lipinski definition) is 2. The Kier molecular flexibility index (Phi) is 5.96. The van der Waals surface area contributed by atoms with Crippen LogP contribution in [-0.2, 0) is 10.0 Å². The number of carbonyl (C=O) groups is 1. The van der Waals surface area contributed by atoms with Gasteiger partial charge in [-0.15, -0.1) is 11.3 Å². The zero-order valence-electron chi connectivity index (χ0n) is 19.3. The van der Waals surface area contributed by atoms with Gasteiger partial charge in [0, 0.05) is 40.7 Å². The van der Waals surface area contributed by atoms with Crippen LogP contribution in [0.1, 0.15) is 27.4 Å². The molecule has 36 heavy (non-hydrogen) atoms. The lowest BCUT2D eigenvalue weighted by molar-refractivity contribution is 0.0711. The molecule has 1 atom stereocenters. The fourth-order valence-electron chi connectivity index (χ4n) is 4.48. The van der Waals surface area contributed by atoms with E-state index in [1.807, 2.05) is 11.8 Å². The molecule has 3 aromatic rings. The smallest absolute Gasteiger partial charge is 0.265 e. The zero-order valence-corrected chi connectivity index (χ0v) is 21.7. The highest BCUT2D eigenvalue weighted by atomic mass is 35.5. The molecule has 2 aromatic heterocycles. The maximum absolute atomic E-state index is 13.7. The largest absolute Gasteiger partial charge is 0.368 e. The van der Waals surface area contributed by atoms with E-state index in [4.69, 9.17) is 11.6 Å². The fourth-order valence-corrected chi connectivity index (χ4v) is 6.18. The molecule has 1 aliphatic carbocycles. The van der Waals surface area contributed by atoms with Crippen LogP contribution in [0.4, 0.5) is 25.8 Å². The van der Waals surface area contributed by atoms with Crippen LogP contribution in [0, 0.1) is 12.3 Å². The van der Waals surface area contributed by atoms with Gasteiger partial charge < -0.3 is 10.2 Å². The van der Waals surface area contributed by atoms with Gasteiger partial charge in [-0.25, -0.2) is 27.2 Å². The topological polar surface area (TPSA) is 104 Å². The highest BCUT2D eigenvalue weighted by molar-refractivity contribution is 7.92. The Labute approximate surface area is 215 Å². The molecular formula is C23H22ClF2N5O3S2. The number of rotatable bonds is 6. The standard InChI is InChI=1S/C23H22ClF2N5O3S2/c1-13-18(20-27-9-17(10-28-20)31-4-3-22(12-31)11-23(22,25)26)8-19(35-13)21(32)29-15-5-14(24)6-16(7-15)30-36(2,33)34/h5-10,30H,3-4,11-12H2,1-2H3,(H,29,32). The average Bonchev–Trinajstić information content (AvgIpc) is 3.11. The molecule has 13 heteroatoms. The van der Waals surface area contributed by atoms with Gasteiger partial charge in [-0.2, -0.15) is 0 Å². The first-order valence-corrected chi connectivity index (χ1v) is 14.1. The van der Waals surface area contributed by atoms with E-state index in [1.54, 1.807) is 18.5 Å². The van der Waals surface area contributed by atoms with Crippen molar-refractivity contribution in [3.8, 4) is 11.4 Å². The molecule has 1 aromatic carbocycles. The van der Waals surface area contributed by atoms with Crippen molar-refractivity contribution >= 4 is 55.9 Å². The van der Waals surface area contributed by atoms with Crippen molar-refractivity contribution in [1.82, 2.24) is 9.97 Å². The lowest BCUT2D eigenvalue weighted by Gasteiger charge is -2.17. The van der Waals surface area contributed by atoms with Gasteiger partial charge in [0.2, 0.25) is 10.0 Å². The van der Waals surface area contributed by atoms with Crippen molar-refractivity contribution in [2.75, 3.05) is 34.3 Å². The first kappa shape index (κ1) is 24.8. The normalized spacial score (nSPS) is 20.5. The maximum atomic E-state index is 13.7. The van der Waals surface area contributed by atoms with Crippen LogP contribution in [0.2, 0.25) is 5.02 Å². The monoisotopic (exact) mass is 553 g/mol. The summed E-state index contributed by atoms with van der Waals surface area (Å²) in [4.78, 5) is 24.9. The summed E-state index contributed by atoms with van der Waals surface area (Å²) in [5.41, 5.74) is 1.04. The molecule has 8 nitrogen and oxygen atoms in total. The highest BCUT2D eigenvalue weighted by Crippen LogP contribution is 2.65. The molecule has 1 aliphatic heterocycles. The molecule has 2 fully saturated rings. The van der Waals surface area contributed by atoms with E-state index in [0.717, 1.165) is 11.1 Å². The number of amides is 1. The Morgan fingerprint density at radius 2 is 1.83 bits per heavy atom. The number of halogens is 3. The summed E-state index contributed by atoms with van der Waals surface area (Å²) in [5.74, 6) is -2.55. The van der Waals surface area contributed by atoms with E-state index >= 15 is 0 Å². The van der Waals surface area contributed by atoms with Gasteiger partial charge >= 0.3 is 0 Å². The van der Waals surface area contributed by atoms with Crippen LogP contribution in [0.3, 0.4) is 0 Å². The van der Waals surface area contributed by atoms with Crippen molar-refractivity contribution in [3.63, 3.8) is 0 Å². The molecule has 1 saturated carbocycles. The van der Waals surface area contributed by atoms with Gasteiger partial charge in [0.15, 0.2) is 5.82 Å². The number of benzene rings is 1. The first-order valence-electron chi connectivity index (χ1n) is 11.0. The Bertz CT molecular complexity index is 1460. The van der Waals surface area contributed by atoms with Gasteiger partial charge in [-0.1, -0.05) is 11.6 Å². The third-order valence-electron chi connectivity index (χ3n) is 6.41. The minimum Gasteiger partial charge on any atom is -0.368 e. The van der Waals surface area contributed by atoms with Gasteiger partial charge in [0.05, 0.1) is 40.3 Å². The number of sulfonamides is 1. The van der Waals surface area contributed by atoms with Crippen molar-refractivity contribution in [1.29, 1.82) is 0 Å². The van der Waals surface area contributed by atoms with E-state index in [1.165, 1.54) is 29.5 Å². The molecule has 1 unspecified atom stereocenters. The summed E-state index contributed by atoms with van der Waals surface area (Å²) in [6.45, 7) is 2.70. The van der Waals surface area contributed by atoms with E-state index < -0.39 is 27.3 Å². The number of aryl methyl sites for hydroxylation is 1. The number of aromatic nitrogens is 2. The number of nitrogens with one attached hydrogen (secondary N) is 2. The Morgan fingerprint density at radius 1 is 1.17 bits per heavy atom. The van der Waals surface area contributed by atoms with Crippen molar-refractivity contribution in [3.05, 3.63) is 51.4 Å². The Hall–Kier alpha value is -2.83. The molecule has 5 rings (SSSR count). The molecule has 3 heterocycles. The van der Waals surface area contributed by atoms with E-state index in [2.05, 4.69) is 20.0 Å². The van der Waals surface area contributed by atoms with E-state index in [9.17, 15) is 22.0 Å². The molecule has 2 N–H and O–H groups in total. The molecule has 190 valence electrons. The van der Waals surface area contributed by atoms with Crippen LogP contribution >= 0.6 is 22.9 Å². The van der Waals surface area contributed by atoms with Gasteiger partial charge in [0.25, 0.3) is 11.8 Å². The molecule has 0 bridgehead atoms. The molecule has 2 aliphatic rings. The van der Waals surface area contributed by atoms with Crippen molar-refractivity contribution < 1.29 is 22.0 Å². The number of alkyl halides is 2. The summed E-state index contributed by atoms with van der Waals surface area (Å²) < 4.78 is 52.7. The Morgan fingerprint density at radius 3 is 2.44 bits per heavy atom. The number of thiophene rings is 1. The molecule has 1 spiro atoms. The predicted molar refractivity (Wildman–Crippen MR) is 137 cm³/mol. The second-order valence-electron chi connectivity index (χ2n) is 9.24. The Balaban J connectivity index is 1.30. The minimum atomic E-state index is -3.51. The molecular weight excluding hydrogens is 532 g/mol. The zero-order chi connectivity index (χ0) is 25.9. The number of carbonyl (C=O) groups excluding carboxylic acids is 1. The van der Waals surface area contributed by atoms with Crippen LogP contribution < -0.4 is 14.9 Å². The highest BCUT2D eigenvalue weighted by Gasteiger charge is 2.72. The van der Waals surface area contributed by atoms with Crippen LogP contribution in [-0.4, -0.2) is 49.6 Å². The lowest BCUT2D eigenvalue weighted by atomic mass is 10.1. The van der Waals surface area contributed by atoms with Crippen molar-refractivity contribution in [2.24, 2.45) is 5.41 Å². The second kappa shape index (κ2) is 8.63. The summed E-state index contributed by atoms with van der Waals surface area (Å²) in [7, 11) is -3.51. The minimum absolute atomic E-state index is 0.0565.